The van der Waals surface area contributed by atoms with Crippen molar-refractivity contribution >= 4 is 16.7 Å². The Kier molecular flexibility index (Phi) is 3.95. The number of halogens is 2. The number of rotatable bonds is 5. The highest BCUT2D eigenvalue weighted by Crippen LogP contribution is 2.22. The van der Waals surface area contributed by atoms with Crippen LogP contribution in [0.5, 0.6) is 0 Å². The minimum atomic E-state index is -0.911. The molecular weight excluding hydrogens is 288 g/mol. The molecule has 0 saturated carbocycles. The molecule has 3 aromatic rings. The molecule has 0 aliphatic carbocycles. The first kappa shape index (κ1) is 14.4. The first-order valence-electron chi connectivity index (χ1n) is 6.93. The Bertz CT molecular complexity index is 773. The first-order chi connectivity index (χ1) is 10.6. The summed E-state index contributed by atoms with van der Waals surface area (Å²) in [5, 5.41) is 3.64. The van der Waals surface area contributed by atoms with Crippen molar-refractivity contribution in [1.29, 1.82) is 0 Å². The molecule has 3 rings (SSSR count). The molecule has 0 bridgehead atoms. The molecule has 0 spiro atoms. The summed E-state index contributed by atoms with van der Waals surface area (Å²) in [7, 11) is 0. The second-order valence-electron chi connectivity index (χ2n) is 5.25. The van der Waals surface area contributed by atoms with E-state index in [9.17, 15) is 8.78 Å². The lowest BCUT2D eigenvalue weighted by atomic mass is 10.1. The lowest BCUT2D eigenvalue weighted by molar-refractivity contribution is 0.502. The summed E-state index contributed by atoms with van der Waals surface area (Å²) in [5.74, 6) is -1.01. The normalized spacial score (nSPS) is 12.5. The number of fused-ring (bicyclic) bond motifs is 1. The average molecular weight is 303 g/mol. The Labute approximate surface area is 126 Å². The van der Waals surface area contributed by atoms with Gasteiger partial charge in [-0.1, -0.05) is 6.92 Å². The van der Waals surface area contributed by atoms with E-state index in [2.05, 4.69) is 27.2 Å². The number of benzene rings is 1. The number of aromatic nitrogens is 4. The van der Waals surface area contributed by atoms with E-state index in [1.165, 1.54) is 6.33 Å². The molecule has 1 atom stereocenters. The maximum absolute atomic E-state index is 13.4. The van der Waals surface area contributed by atoms with Gasteiger partial charge in [0, 0.05) is 36.9 Å². The molecule has 0 amide bonds. The van der Waals surface area contributed by atoms with E-state index in [1.54, 1.807) is 12.5 Å². The summed E-state index contributed by atoms with van der Waals surface area (Å²) in [6.07, 6.45) is 6.72. The SMILES string of the molecule is CC(CNc1ncnc2cc(F)c(F)cc12)Cn1ccnc1. The Balaban J connectivity index is 1.75. The monoisotopic (exact) mass is 303 g/mol. The van der Waals surface area contributed by atoms with Crippen LogP contribution in [-0.4, -0.2) is 26.1 Å². The van der Waals surface area contributed by atoms with Crippen molar-refractivity contribution in [3.05, 3.63) is 48.8 Å². The van der Waals surface area contributed by atoms with Crippen LogP contribution in [-0.2, 0) is 6.54 Å². The molecule has 114 valence electrons. The van der Waals surface area contributed by atoms with Gasteiger partial charge in [-0.2, -0.15) is 0 Å². The van der Waals surface area contributed by atoms with Crippen molar-refractivity contribution in [1.82, 2.24) is 19.5 Å². The van der Waals surface area contributed by atoms with E-state index >= 15 is 0 Å². The predicted octanol–water partition coefficient (Wildman–Crippen LogP) is 2.85. The van der Waals surface area contributed by atoms with Crippen LogP contribution in [0, 0.1) is 17.6 Å². The van der Waals surface area contributed by atoms with Gasteiger partial charge in [0.1, 0.15) is 12.1 Å². The number of nitrogens with zero attached hydrogens (tertiary/aromatic N) is 4. The summed E-state index contributed by atoms with van der Waals surface area (Å²) >= 11 is 0. The van der Waals surface area contributed by atoms with Gasteiger partial charge >= 0.3 is 0 Å². The van der Waals surface area contributed by atoms with Crippen LogP contribution in [0.1, 0.15) is 6.92 Å². The van der Waals surface area contributed by atoms with Crippen molar-refractivity contribution < 1.29 is 8.78 Å². The van der Waals surface area contributed by atoms with Gasteiger partial charge in [0.15, 0.2) is 11.6 Å². The fraction of sp³-hybridized carbons (Fsp3) is 0.267. The van der Waals surface area contributed by atoms with Crippen LogP contribution in [0.4, 0.5) is 14.6 Å². The minimum Gasteiger partial charge on any atom is -0.369 e. The third-order valence-electron chi connectivity index (χ3n) is 3.38. The van der Waals surface area contributed by atoms with Gasteiger partial charge in [-0.05, 0) is 12.0 Å². The average Bonchev–Trinajstić information content (AvgIpc) is 2.99. The largest absolute Gasteiger partial charge is 0.369 e. The van der Waals surface area contributed by atoms with Crippen LogP contribution >= 0.6 is 0 Å². The molecule has 7 heteroatoms. The smallest absolute Gasteiger partial charge is 0.161 e. The zero-order chi connectivity index (χ0) is 15.5. The Morgan fingerprint density at radius 2 is 2.05 bits per heavy atom. The van der Waals surface area contributed by atoms with E-state index in [0.29, 0.717) is 29.2 Å². The molecule has 2 heterocycles. The predicted molar refractivity (Wildman–Crippen MR) is 79.3 cm³/mol. The standard InChI is InChI=1S/C15H15F2N5/c1-10(7-22-3-2-18-9-22)6-19-15-11-4-12(16)13(17)5-14(11)20-8-21-15/h2-5,8-10H,6-7H2,1H3,(H,19,20,21). The van der Waals surface area contributed by atoms with Crippen LogP contribution in [0.15, 0.2) is 37.2 Å². The number of nitrogens with one attached hydrogen (secondary N) is 1. The lowest BCUT2D eigenvalue weighted by Crippen LogP contribution is -2.17. The molecule has 0 aliphatic heterocycles. The highest BCUT2D eigenvalue weighted by molar-refractivity contribution is 5.88. The van der Waals surface area contributed by atoms with Gasteiger partial charge in [0.25, 0.3) is 0 Å². The lowest BCUT2D eigenvalue weighted by Gasteiger charge is -2.14. The van der Waals surface area contributed by atoms with Crippen LogP contribution in [0.25, 0.3) is 10.9 Å². The zero-order valence-corrected chi connectivity index (χ0v) is 12.0. The second-order valence-corrected chi connectivity index (χ2v) is 5.25. The third kappa shape index (κ3) is 3.03. The van der Waals surface area contributed by atoms with E-state index in [4.69, 9.17) is 0 Å². The summed E-state index contributed by atoms with van der Waals surface area (Å²) in [4.78, 5) is 12.1. The summed E-state index contributed by atoms with van der Waals surface area (Å²) in [6, 6.07) is 2.19. The molecule has 5 nitrogen and oxygen atoms in total. The van der Waals surface area contributed by atoms with Gasteiger partial charge in [0.05, 0.1) is 11.8 Å². The van der Waals surface area contributed by atoms with Crippen molar-refractivity contribution in [2.45, 2.75) is 13.5 Å². The minimum absolute atomic E-state index is 0.310. The topological polar surface area (TPSA) is 55.6 Å². The molecule has 1 N–H and O–H groups in total. The Morgan fingerprint density at radius 3 is 2.82 bits per heavy atom. The second kappa shape index (κ2) is 6.05. The Hall–Kier alpha value is -2.57. The summed E-state index contributed by atoms with van der Waals surface area (Å²) < 4.78 is 28.6. The molecule has 2 aromatic heterocycles. The van der Waals surface area contributed by atoms with Crippen LogP contribution < -0.4 is 5.32 Å². The van der Waals surface area contributed by atoms with Crippen molar-refractivity contribution in [2.24, 2.45) is 5.92 Å². The van der Waals surface area contributed by atoms with E-state index in [-0.39, 0.29) is 0 Å². The van der Waals surface area contributed by atoms with E-state index in [0.717, 1.165) is 18.7 Å². The maximum Gasteiger partial charge on any atom is 0.161 e. The molecule has 0 fully saturated rings. The van der Waals surface area contributed by atoms with Crippen molar-refractivity contribution in [3.63, 3.8) is 0 Å². The van der Waals surface area contributed by atoms with E-state index in [1.807, 2.05) is 10.8 Å². The highest BCUT2D eigenvalue weighted by atomic mass is 19.2. The Morgan fingerprint density at radius 1 is 1.23 bits per heavy atom. The molecule has 0 radical (unpaired) electrons. The van der Waals surface area contributed by atoms with Gasteiger partial charge in [-0.15, -0.1) is 0 Å². The van der Waals surface area contributed by atoms with Gasteiger partial charge < -0.3 is 9.88 Å². The van der Waals surface area contributed by atoms with Gasteiger partial charge in [-0.3, -0.25) is 0 Å². The fourth-order valence-corrected chi connectivity index (χ4v) is 2.28. The van der Waals surface area contributed by atoms with Crippen LogP contribution in [0.3, 0.4) is 0 Å². The maximum atomic E-state index is 13.4. The quantitative estimate of drug-likeness (QED) is 0.787. The first-order valence-corrected chi connectivity index (χ1v) is 6.93. The van der Waals surface area contributed by atoms with Crippen molar-refractivity contribution in [2.75, 3.05) is 11.9 Å². The van der Waals surface area contributed by atoms with E-state index < -0.39 is 11.6 Å². The molecule has 0 aliphatic rings. The summed E-state index contributed by atoms with van der Waals surface area (Å²) in [5.41, 5.74) is 0.374. The molecule has 1 aromatic carbocycles. The molecule has 22 heavy (non-hydrogen) atoms. The molecular formula is C15H15F2N5. The third-order valence-corrected chi connectivity index (χ3v) is 3.38. The molecule has 1 unspecified atom stereocenters. The number of imidazole rings is 1. The summed E-state index contributed by atoms with van der Waals surface area (Å²) in [6.45, 7) is 3.53. The zero-order valence-electron chi connectivity index (χ0n) is 12.0. The van der Waals surface area contributed by atoms with Crippen molar-refractivity contribution in [3.8, 4) is 0 Å². The fourth-order valence-electron chi connectivity index (χ4n) is 2.28. The van der Waals surface area contributed by atoms with Gasteiger partial charge in [0.2, 0.25) is 0 Å². The van der Waals surface area contributed by atoms with Gasteiger partial charge in [-0.25, -0.2) is 23.7 Å². The number of anilines is 1. The number of hydrogen-bond donors (Lipinski definition) is 1. The van der Waals surface area contributed by atoms with Crippen LogP contribution in [0.2, 0.25) is 0 Å². The highest BCUT2D eigenvalue weighted by Gasteiger charge is 2.10. The number of hydrogen-bond acceptors (Lipinski definition) is 4. The molecule has 0 saturated heterocycles.